The van der Waals surface area contributed by atoms with Gasteiger partial charge >= 0.3 is 0 Å². The highest BCUT2D eigenvalue weighted by Gasteiger charge is 2.27. The quantitative estimate of drug-likeness (QED) is 0.907. The highest BCUT2D eigenvalue weighted by molar-refractivity contribution is 7.09. The number of rotatable bonds is 3. The first-order chi connectivity index (χ1) is 12.1. The predicted octanol–water partition coefficient (Wildman–Crippen LogP) is 2.00. The molecular formula is C18H24N4O2S. The van der Waals surface area contributed by atoms with Gasteiger partial charge in [-0.2, -0.15) is 0 Å². The van der Waals surface area contributed by atoms with Crippen molar-refractivity contribution in [2.24, 2.45) is 0 Å². The van der Waals surface area contributed by atoms with E-state index in [2.05, 4.69) is 46.1 Å². The van der Waals surface area contributed by atoms with Crippen LogP contribution in [-0.2, 0) is 24.2 Å². The molecule has 7 heteroatoms. The first-order valence-electron chi connectivity index (χ1n) is 8.85. The van der Waals surface area contributed by atoms with Gasteiger partial charge in [0.1, 0.15) is 0 Å². The van der Waals surface area contributed by atoms with Crippen LogP contribution in [0.25, 0.3) is 0 Å². The van der Waals surface area contributed by atoms with Crippen LogP contribution in [0.5, 0.6) is 0 Å². The first kappa shape index (κ1) is 16.8. The number of hydrogen-bond donors (Lipinski definition) is 1. The van der Waals surface area contributed by atoms with E-state index in [4.69, 9.17) is 9.72 Å². The Morgan fingerprint density at radius 2 is 2.16 bits per heavy atom. The average molecular weight is 360 g/mol. The molecule has 0 saturated carbocycles. The Hall–Kier alpha value is -1.70. The number of H-pyrrole nitrogens is 1. The van der Waals surface area contributed by atoms with Gasteiger partial charge in [0.25, 0.3) is 5.56 Å². The molecule has 25 heavy (non-hydrogen) atoms. The summed E-state index contributed by atoms with van der Waals surface area (Å²) in [6.07, 6.45) is 1.04. The Balaban J connectivity index is 1.56. The third-order valence-corrected chi connectivity index (χ3v) is 5.68. The third kappa shape index (κ3) is 3.63. The van der Waals surface area contributed by atoms with E-state index in [-0.39, 0.29) is 17.8 Å². The van der Waals surface area contributed by atoms with Crippen LogP contribution in [-0.4, -0.2) is 46.7 Å². The number of hydrogen-bond acceptors (Lipinski definition) is 6. The second kappa shape index (κ2) is 6.90. The summed E-state index contributed by atoms with van der Waals surface area (Å²) >= 11 is 1.78. The zero-order valence-corrected chi connectivity index (χ0v) is 15.5. The number of fused-ring (bicyclic) bond motifs is 1. The molecule has 4 rings (SSSR count). The van der Waals surface area contributed by atoms with Crippen molar-refractivity contribution in [1.82, 2.24) is 14.9 Å². The van der Waals surface area contributed by atoms with Gasteiger partial charge < -0.3 is 9.64 Å². The summed E-state index contributed by atoms with van der Waals surface area (Å²) in [4.78, 5) is 26.2. The van der Waals surface area contributed by atoms with E-state index in [0.717, 1.165) is 50.4 Å². The number of aromatic amines is 1. The molecule has 6 nitrogen and oxygen atoms in total. The Morgan fingerprint density at radius 1 is 1.36 bits per heavy atom. The number of thiophene rings is 1. The van der Waals surface area contributed by atoms with Crippen molar-refractivity contribution in [2.45, 2.75) is 45.6 Å². The number of nitrogens with one attached hydrogen (secondary N) is 1. The van der Waals surface area contributed by atoms with Crippen molar-refractivity contribution in [3.63, 3.8) is 0 Å². The van der Waals surface area contributed by atoms with E-state index in [1.807, 2.05) is 0 Å². The van der Waals surface area contributed by atoms with Gasteiger partial charge in [0.15, 0.2) is 0 Å². The molecular weight excluding hydrogens is 336 g/mol. The summed E-state index contributed by atoms with van der Waals surface area (Å²) < 4.78 is 5.79. The zero-order chi connectivity index (χ0) is 17.4. The van der Waals surface area contributed by atoms with Gasteiger partial charge in [-0.3, -0.25) is 14.7 Å². The summed E-state index contributed by atoms with van der Waals surface area (Å²) in [6, 6.07) is 4.24. The highest BCUT2D eigenvalue weighted by atomic mass is 32.1. The van der Waals surface area contributed by atoms with Crippen molar-refractivity contribution in [3.8, 4) is 0 Å². The molecule has 2 atom stereocenters. The molecule has 0 aromatic carbocycles. The molecule has 2 aromatic heterocycles. The lowest BCUT2D eigenvalue weighted by Crippen LogP contribution is -2.47. The van der Waals surface area contributed by atoms with Gasteiger partial charge in [-0.15, -0.1) is 11.3 Å². The Bertz CT molecular complexity index is 779. The molecule has 2 aliphatic heterocycles. The van der Waals surface area contributed by atoms with Crippen molar-refractivity contribution in [2.75, 3.05) is 24.5 Å². The SMILES string of the molecule is C[C@H]1CN(c2nc3c(c(=O)[nH]2)CCN(Cc2cccs2)C3)C[C@H](C)O1. The predicted molar refractivity (Wildman–Crippen MR) is 99.2 cm³/mol. The molecule has 134 valence electrons. The molecule has 1 N–H and O–H groups in total. The van der Waals surface area contributed by atoms with Crippen molar-refractivity contribution < 1.29 is 4.74 Å². The lowest BCUT2D eigenvalue weighted by Gasteiger charge is -2.36. The second-order valence-corrected chi connectivity index (χ2v) is 8.05. The molecule has 0 radical (unpaired) electrons. The number of nitrogens with zero attached hydrogens (tertiary/aromatic N) is 3. The minimum absolute atomic E-state index is 0.0163. The molecule has 0 bridgehead atoms. The minimum atomic E-state index is 0.0163. The molecule has 2 aromatic rings. The summed E-state index contributed by atoms with van der Waals surface area (Å²) in [6.45, 7) is 8.19. The van der Waals surface area contributed by atoms with Crippen LogP contribution in [0.15, 0.2) is 22.3 Å². The second-order valence-electron chi connectivity index (χ2n) is 7.02. The molecule has 0 unspecified atom stereocenters. The van der Waals surface area contributed by atoms with Crippen LogP contribution in [0.2, 0.25) is 0 Å². The van der Waals surface area contributed by atoms with E-state index < -0.39 is 0 Å². The first-order valence-corrected chi connectivity index (χ1v) is 9.73. The van der Waals surface area contributed by atoms with Crippen molar-refractivity contribution >= 4 is 17.3 Å². The third-order valence-electron chi connectivity index (χ3n) is 4.82. The summed E-state index contributed by atoms with van der Waals surface area (Å²) in [7, 11) is 0. The van der Waals surface area contributed by atoms with Crippen LogP contribution >= 0.6 is 11.3 Å². The molecule has 2 aliphatic rings. The Labute approximate surface area is 151 Å². The molecule has 1 fully saturated rings. The number of aromatic nitrogens is 2. The van der Waals surface area contributed by atoms with Crippen LogP contribution in [0, 0.1) is 0 Å². The van der Waals surface area contributed by atoms with E-state index >= 15 is 0 Å². The molecule has 0 aliphatic carbocycles. The molecule has 4 heterocycles. The van der Waals surface area contributed by atoms with Gasteiger partial charge in [-0.25, -0.2) is 4.98 Å². The molecule has 0 amide bonds. The smallest absolute Gasteiger partial charge is 0.255 e. The summed E-state index contributed by atoms with van der Waals surface area (Å²) in [5, 5.41) is 2.11. The normalized spacial score (nSPS) is 24.3. The topological polar surface area (TPSA) is 61.5 Å². The fourth-order valence-corrected chi connectivity index (χ4v) is 4.49. The zero-order valence-electron chi connectivity index (χ0n) is 14.7. The van der Waals surface area contributed by atoms with Gasteiger partial charge in [-0.05, 0) is 31.7 Å². The molecule has 1 saturated heterocycles. The van der Waals surface area contributed by atoms with Crippen LogP contribution in [0.4, 0.5) is 5.95 Å². The maximum Gasteiger partial charge on any atom is 0.255 e. The Morgan fingerprint density at radius 3 is 2.88 bits per heavy atom. The van der Waals surface area contributed by atoms with Gasteiger partial charge in [0.2, 0.25) is 5.95 Å². The van der Waals surface area contributed by atoms with Crippen molar-refractivity contribution in [1.29, 1.82) is 0 Å². The van der Waals surface area contributed by atoms with Gasteiger partial charge in [0.05, 0.1) is 17.9 Å². The fraction of sp³-hybridized carbons (Fsp3) is 0.556. The van der Waals surface area contributed by atoms with Crippen LogP contribution < -0.4 is 10.5 Å². The monoisotopic (exact) mass is 360 g/mol. The fourth-order valence-electron chi connectivity index (χ4n) is 3.74. The van der Waals surface area contributed by atoms with Crippen LogP contribution in [0.3, 0.4) is 0 Å². The standard InChI is InChI=1S/C18H24N4O2S/c1-12-8-22(9-13(2)24-12)18-19-16-11-21(10-14-4-3-7-25-14)6-5-15(16)17(23)20-18/h3-4,7,12-13H,5-6,8-11H2,1-2H3,(H,19,20,23)/t12-,13-/m0/s1. The lowest BCUT2D eigenvalue weighted by molar-refractivity contribution is -0.00576. The highest BCUT2D eigenvalue weighted by Crippen LogP contribution is 2.21. The lowest BCUT2D eigenvalue weighted by atomic mass is 10.1. The van der Waals surface area contributed by atoms with E-state index in [9.17, 15) is 4.79 Å². The van der Waals surface area contributed by atoms with Crippen molar-refractivity contribution in [3.05, 3.63) is 44.0 Å². The van der Waals surface area contributed by atoms with Crippen LogP contribution in [0.1, 0.15) is 30.0 Å². The number of ether oxygens (including phenoxy) is 1. The maximum atomic E-state index is 12.5. The number of anilines is 1. The van der Waals surface area contributed by atoms with E-state index in [0.29, 0.717) is 5.95 Å². The molecule has 0 spiro atoms. The van der Waals surface area contributed by atoms with Gasteiger partial charge in [0, 0.05) is 43.2 Å². The Kier molecular flexibility index (Phi) is 4.62. The number of morpholine rings is 1. The maximum absolute atomic E-state index is 12.5. The van der Waals surface area contributed by atoms with E-state index in [1.165, 1.54) is 4.88 Å². The summed E-state index contributed by atoms with van der Waals surface area (Å²) in [5.74, 6) is 0.684. The average Bonchev–Trinajstić information content (AvgIpc) is 3.06. The van der Waals surface area contributed by atoms with Gasteiger partial charge in [-0.1, -0.05) is 6.07 Å². The largest absolute Gasteiger partial charge is 0.372 e. The van der Waals surface area contributed by atoms with E-state index in [1.54, 1.807) is 11.3 Å². The summed E-state index contributed by atoms with van der Waals surface area (Å²) in [5.41, 5.74) is 1.79. The minimum Gasteiger partial charge on any atom is -0.372 e.